The third-order valence-corrected chi connectivity index (χ3v) is 18.5. The van der Waals surface area contributed by atoms with E-state index in [4.69, 9.17) is 19.2 Å². The summed E-state index contributed by atoms with van der Waals surface area (Å²) in [5.74, 6) is -6.01. The molecular weight excluding hydrogens is 1270 g/mol. The van der Waals surface area contributed by atoms with Crippen LogP contribution >= 0.6 is 0 Å². The number of nitrogens with one attached hydrogen (secondary N) is 6. The van der Waals surface area contributed by atoms with Crippen LogP contribution in [0.1, 0.15) is 125 Å². The fraction of sp³-hybridized carbons (Fsp3) is 0.366. The third-order valence-electron chi connectivity index (χ3n) is 18.5. The Kier molecular flexibility index (Phi) is 20.3. The van der Waals surface area contributed by atoms with Gasteiger partial charge in [-0.15, -0.1) is 0 Å². The van der Waals surface area contributed by atoms with Crippen molar-refractivity contribution in [2.45, 2.75) is 129 Å². The molecule has 0 bridgehead atoms. The number of esters is 1. The number of rotatable bonds is 23. The van der Waals surface area contributed by atoms with Crippen molar-refractivity contribution in [3.05, 3.63) is 169 Å². The monoisotopic (exact) mass is 1340 g/mol. The van der Waals surface area contributed by atoms with Gasteiger partial charge in [-0.05, 0) is 116 Å². The van der Waals surface area contributed by atoms with Gasteiger partial charge in [0, 0.05) is 79.0 Å². The lowest BCUT2D eigenvalue weighted by Gasteiger charge is -2.37. The first-order valence-corrected chi connectivity index (χ1v) is 32.5. The summed E-state index contributed by atoms with van der Waals surface area (Å²) in [6, 6.07) is 20.5. The molecule has 4 atom stereocenters. The van der Waals surface area contributed by atoms with Crippen molar-refractivity contribution in [2.24, 2.45) is 0 Å². The molecule has 26 nitrogen and oxygen atoms in total. The quantitative estimate of drug-likeness (QED) is 0.0252. The highest BCUT2D eigenvalue weighted by atomic mass is 19.1. The molecule has 6 aromatic rings. The summed E-state index contributed by atoms with van der Waals surface area (Å²) >= 11 is 0. The SMILES string of the molecule is CCCCC(=O)N[C@H]1CCc2c(C)c(F)cc3nc4c(c1c23)Cn1c-4cc2c(c1=O)COC(=O)[C@@]2(CC)OC(=O)N(C)C[C@@H]1CCCN1C(=O)OCc1ccc(NC(=O)CNC(=O)[C@H](Cc2ccccc2)NC(=O)CNC(=O)CNC(=O)c2cc(N3C(=O)C=CC3=O)ccc2C)cc1. The maximum absolute atomic E-state index is 15.6. The normalized spacial score (nSPS) is 17.4. The van der Waals surface area contributed by atoms with Gasteiger partial charge in [0.25, 0.3) is 23.3 Å². The van der Waals surface area contributed by atoms with Gasteiger partial charge in [0.1, 0.15) is 25.1 Å². The van der Waals surface area contributed by atoms with E-state index in [1.54, 1.807) is 87.5 Å². The van der Waals surface area contributed by atoms with Gasteiger partial charge in [-0.3, -0.25) is 43.2 Å². The van der Waals surface area contributed by atoms with Crippen LogP contribution in [0, 0.1) is 19.7 Å². The van der Waals surface area contributed by atoms with Gasteiger partial charge in [0.15, 0.2) is 0 Å². The molecular formula is C71H74FN11O15. The largest absolute Gasteiger partial charge is 0.457 e. The molecule has 1 saturated heterocycles. The number of fused-ring (bicyclic) bond motifs is 5. The predicted molar refractivity (Wildman–Crippen MR) is 353 cm³/mol. The van der Waals surface area contributed by atoms with E-state index < -0.39 is 114 Å². The van der Waals surface area contributed by atoms with Gasteiger partial charge < -0.3 is 60.5 Å². The summed E-state index contributed by atoms with van der Waals surface area (Å²) < 4.78 is 34.7. The second-order valence-electron chi connectivity index (χ2n) is 24.9. The zero-order valence-electron chi connectivity index (χ0n) is 54.7. The Labute approximate surface area is 562 Å². The fourth-order valence-corrected chi connectivity index (χ4v) is 13.2. The van der Waals surface area contributed by atoms with E-state index in [0.717, 1.165) is 40.0 Å². The zero-order chi connectivity index (χ0) is 69.7. The standard InChI is InChI=1S/C71H74FN11O15/c1-6-8-16-56(84)77-52-24-23-46-40(4)51(72)31-53-62(46)63(52)48-36-82-55(64(48)79-53)30-50-49(67(82)92)38-96-68(93)71(50,7-2)98-69(94)80(5)35-45-15-12-27-81(45)70(95)97-37-42-18-20-43(21-19-42)76-58(86)34-75-66(91)54(28-41-13-10-9-11-14-41)78-59(87)33-73-57(85)32-74-65(90)47-29-44(22-17-39(47)3)83-60(88)25-26-61(83)89/h9-11,13-14,17-22,25-26,29-31,45,52,54H,6-8,12,15-16,23-24,27-28,32-38H2,1-5H3,(H,73,85)(H,74,90)(H,75,91)(H,76,86)(H,77,84)(H,78,87)/t45-,52-,54-,71-/m0/s1. The maximum Gasteiger partial charge on any atom is 0.411 e. The van der Waals surface area contributed by atoms with Crippen molar-refractivity contribution >= 4 is 87.7 Å². The number of aromatic nitrogens is 2. The summed E-state index contributed by atoms with van der Waals surface area (Å²) in [4.78, 5) is 169. The maximum atomic E-state index is 15.6. The number of aryl methyl sites for hydroxylation is 2. The number of halogens is 1. The highest BCUT2D eigenvalue weighted by molar-refractivity contribution is 6.28. The van der Waals surface area contributed by atoms with E-state index in [1.165, 1.54) is 39.6 Å². The molecule has 27 heteroatoms. The van der Waals surface area contributed by atoms with Gasteiger partial charge in [-0.1, -0.05) is 68.8 Å². The summed E-state index contributed by atoms with van der Waals surface area (Å²) in [5.41, 5.74) is 3.95. The lowest BCUT2D eigenvalue weighted by molar-refractivity contribution is -0.173. The number of likely N-dealkylation sites (tertiary alicyclic amines) is 1. The van der Waals surface area contributed by atoms with Crippen LogP contribution in [0.25, 0.3) is 22.3 Å². The van der Waals surface area contributed by atoms with Crippen molar-refractivity contribution in [1.29, 1.82) is 0 Å². The Hall–Kier alpha value is -11.1. The number of pyridine rings is 2. The van der Waals surface area contributed by atoms with Crippen molar-refractivity contribution in [3.8, 4) is 11.4 Å². The Morgan fingerprint density at radius 1 is 0.806 bits per heavy atom. The summed E-state index contributed by atoms with van der Waals surface area (Å²) in [5, 5.41) is 16.6. The molecule has 510 valence electrons. The number of carbonyl (C=O) groups is 11. The van der Waals surface area contributed by atoms with Crippen LogP contribution in [0.2, 0.25) is 0 Å². The molecule has 2 aromatic heterocycles. The molecule has 6 heterocycles. The number of ether oxygens (including phenoxy) is 3. The number of nitrogens with zero attached hydrogens (tertiary/aromatic N) is 5. The molecule has 1 aliphatic carbocycles. The van der Waals surface area contributed by atoms with Crippen LogP contribution < -0.4 is 42.4 Å². The molecule has 11 rings (SSSR count). The molecule has 0 saturated carbocycles. The van der Waals surface area contributed by atoms with Gasteiger partial charge in [-0.25, -0.2) is 28.7 Å². The lowest BCUT2D eigenvalue weighted by atomic mass is 9.81. The van der Waals surface area contributed by atoms with Crippen LogP contribution in [-0.4, -0.2) is 137 Å². The minimum atomic E-state index is -2.07. The minimum absolute atomic E-state index is 0.0143. The Balaban J connectivity index is 0.664. The first-order chi connectivity index (χ1) is 47.0. The smallest absolute Gasteiger partial charge is 0.411 e. The van der Waals surface area contributed by atoms with Gasteiger partial charge in [-0.2, -0.15) is 0 Å². The van der Waals surface area contributed by atoms with Crippen molar-refractivity contribution in [1.82, 2.24) is 45.9 Å². The summed E-state index contributed by atoms with van der Waals surface area (Å²) in [6.45, 7) is 5.26. The Morgan fingerprint density at radius 3 is 2.28 bits per heavy atom. The minimum Gasteiger partial charge on any atom is -0.457 e. The molecule has 4 aliphatic heterocycles. The fourth-order valence-electron chi connectivity index (χ4n) is 13.2. The Bertz CT molecular complexity index is 4350. The van der Waals surface area contributed by atoms with Crippen molar-refractivity contribution in [2.75, 3.05) is 50.0 Å². The number of hydrogen-bond donors (Lipinski definition) is 6. The van der Waals surface area contributed by atoms with Crippen LogP contribution in [-0.2, 0) is 90.8 Å². The lowest BCUT2D eigenvalue weighted by Crippen LogP contribution is -2.52. The second kappa shape index (κ2) is 29.1. The molecule has 0 unspecified atom stereocenters. The first kappa shape index (κ1) is 68.3. The van der Waals surface area contributed by atoms with Crippen molar-refractivity contribution < 1.29 is 71.3 Å². The molecule has 6 N–H and O–H groups in total. The Morgan fingerprint density at radius 2 is 1.54 bits per heavy atom. The number of cyclic esters (lactones) is 1. The van der Waals surface area contributed by atoms with Crippen LogP contribution in [0.4, 0.5) is 25.4 Å². The number of unbranched alkanes of at least 4 members (excludes halogenated alkanes) is 1. The van der Waals surface area contributed by atoms with E-state index in [2.05, 4.69) is 31.9 Å². The third kappa shape index (κ3) is 14.2. The second-order valence-corrected chi connectivity index (χ2v) is 24.9. The number of benzene rings is 4. The molecule has 0 spiro atoms. The number of hydrogen-bond acceptors (Lipinski definition) is 16. The van der Waals surface area contributed by atoms with Crippen LogP contribution in [0.3, 0.4) is 0 Å². The first-order valence-electron chi connectivity index (χ1n) is 32.5. The van der Waals surface area contributed by atoms with Gasteiger partial charge in [0.2, 0.25) is 35.1 Å². The highest BCUT2D eigenvalue weighted by Crippen LogP contribution is 2.47. The number of carbonyl (C=O) groups excluding carboxylic acids is 11. The van der Waals surface area contributed by atoms with E-state index in [-0.39, 0.29) is 67.4 Å². The molecule has 1 fully saturated rings. The molecule has 0 radical (unpaired) electrons. The van der Waals surface area contributed by atoms with Gasteiger partial charge >= 0.3 is 18.2 Å². The van der Waals surface area contributed by atoms with E-state index in [9.17, 15) is 57.5 Å². The average molecular weight is 1340 g/mol. The average Bonchev–Trinajstić information content (AvgIpc) is 1.36. The van der Waals surface area contributed by atoms with Crippen molar-refractivity contribution in [3.63, 3.8) is 0 Å². The predicted octanol–water partition coefficient (Wildman–Crippen LogP) is 5.76. The number of anilines is 2. The van der Waals surface area contributed by atoms with E-state index >= 15 is 4.39 Å². The van der Waals surface area contributed by atoms with E-state index in [0.29, 0.717) is 95.5 Å². The number of likely N-dealkylation sites (N-methyl/N-ethyl adjacent to an activating group) is 1. The molecule has 98 heavy (non-hydrogen) atoms. The van der Waals surface area contributed by atoms with Crippen LogP contribution in [0.15, 0.2) is 102 Å². The number of imide groups is 1. The zero-order valence-corrected chi connectivity index (χ0v) is 54.7. The summed E-state index contributed by atoms with van der Waals surface area (Å²) in [7, 11) is 1.47. The van der Waals surface area contributed by atoms with E-state index in [1.807, 2.05) is 6.92 Å². The highest BCUT2D eigenvalue weighted by Gasteiger charge is 2.52. The molecule has 5 aliphatic rings. The van der Waals surface area contributed by atoms with Crippen LogP contribution in [0.5, 0.6) is 0 Å². The summed E-state index contributed by atoms with van der Waals surface area (Å²) in [6.07, 6.45) is 4.56. The molecule has 10 amide bonds. The number of amides is 10. The van der Waals surface area contributed by atoms with Gasteiger partial charge in [0.05, 0.1) is 66.4 Å². The molecule has 4 aromatic carbocycles. The topological polar surface area (TPSA) is 332 Å².